The third kappa shape index (κ3) is 4.94. The van der Waals surface area contributed by atoms with Gasteiger partial charge in [-0.25, -0.2) is 13.8 Å². The Balaban J connectivity index is 0.00000155. The summed E-state index contributed by atoms with van der Waals surface area (Å²) in [7, 11) is 1.53. The van der Waals surface area contributed by atoms with Crippen molar-refractivity contribution in [2.24, 2.45) is 0 Å². The number of ether oxygens (including phenoxy) is 2. The van der Waals surface area contributed by atoms with Crippen molar-refractivity contribution in [3.8, 4) is 28.5 Å². The van der Waals surface area contributed by atoms with Crippen molar-refractivity contribution in [3.63, 3.8) is 0 Å². The molecular formula is C23H21ClF3NO2. The highest BCUT2D eigenvalue weighted by molar-refractivity contribution is 6.32. The third-order valence-electron chi connectivity index (χ3n) is 4.01. The second-order valence-corrected chi connectivity index (χ2v) is 6.39. The van der Waals surface area contributed by atoms with Gasteiger partial charge in [-0.05, 0) is 42.8 Å². The van der Waals surface area contributed by atoms with Crippen molar-refractivity contribution in [3.05, 3.63) is 77.2 Å². The van der Waals surface area contributed by atoms with Crippen LogP contribution in [0.2, 0.25) is 5.02 Å². The number of rotatable bonds is 5. The van der Waals surface area contributed by atoms with Gasteiger partial charge in [-0.3, -0.25) is 0 Å². The number of allylic oxidation sites excluding steroid dienone is 1. The van der Waals surface area contributed by atoms with E-state index in [4.69, 9.17) is 21.1 Å². The van der Waals surface area contributed by atoms with Gasteiger partial charge in [0, 0.05) is 17.3 Å². The van der Waals surface area contributed by atoms with E-state index in [0.29, 0.717) is 22.9 Å². The molecule has 0 saturated carbocycles. The van der Waals surface area contributed by atoms with Gasteiger partial charge in [-0.2, -0.15) is 4.39 Å². The van der Waals surface area contributed by atoms with E-state index in [1.54, 1.807) is 0 Å². The lowest BCUT2D eigenvalue weighted by Crippen LogP contribution is -1.98. The molecule has 3 nitrogen and oxygen atoms in total. The molecule has 0 unspecified atom stereocenters. The van der Waals surface area contributed by atoms with Crippen LogP contribution < -0.4 is 9.47 Å². The monoisotopic (exact) mass is 435 g/mol. The molecule has 0 amide bonds. The van der Waals surface area contributed by atoms with Gasteiger partial charge in [0.05, 0.1) is 7.11 Å². The lowest BCUT2D eigenvalue weighted by atomic mass is 10.0. The molecule has 0 aliphatic heterocycles. The molecule has 0 bridgehead atoms. The summed E-state index contributed by atoms with van der Waals surface area (Å²) in [6.07, 6.45) is 1.41. The van der Waals surface area contributed by atoms with Crippen LogP contribution in [0.5, 0.6) is 17.4 Å². The number of aromatic nitrogens is 1. The average Bonchev–Trinajstić information content (AvgIpc) is 2.75. The first kappa shape index (κ1) is 23.3. The molecule has 0 saturated heterocycles. The molecule has 1 aromatic heterocycles. The Morgan fingerprint density at radius 2 is 1.70 bits per heavy atom. The highest BCUT2D eigenvalue weighted by Gasteiger charge is 2.19. The quantitative estimate of drug-likeness (QED) is 0.385. The molecule has 0 N–H and O–H groups in total. The van der Waals surface area contributed by atoms with Gasteiger partial charge in [-0.15, -0.1) is 0 Å². The van der Waals surface area contributed by atoms with Crippen LogP contribution in [0, 0.1) is 17.5 Å². The Bertz CT molecular complexity index is 1070. The number of benzene rings is 2. The molecule has 0 spiro atoms. The minimum Gasteiger partial charge on any atom is -0.496 e. The Labute approximate surface area is 178 Å². The Morgan fingerprint density at radius 1 is 1.03 bits per heavy atom. The minimum atomic E-state index is -1.46. The van der Waals surface area contributed by atoms with Crippen molar-refractivity contribution >= 4 is 17.2 Å². The van der Waals surface area contributed by atoms with Gasteiger partial charge in [0.1, 0.15) is 10.8 Å². The van der Waals surface area contributed by atoms with E-state index in [1.165, 1.54) is 19.4 Å². The summed E-state index contributed by atoms with van der Waals surface area (Å²) >= 11 is 6.17. The Hall–Kier alpha value is -2.99. The highest BCUT2D eigenvalue weighted by atomic mass is 35.5. The predicted octanol–water partition coefficient (Wildman–Crippen LogP) is 7.68. The molecule has 0 fully saturated rings. The van der Waals surface area contributed by atoms with Crippen LogP contribution in [-0.2, 0) is 0 Å². The number of hydrogen-bond acceptors (Lipinski definition) is 3. The molecule has 2 aromatic carbocycles. The largest absolute Gasteiger partial charge is 0.496 e. The number of pyridine rings is 1. The normalized spacial score (nSPS) is 10.1. The van der Waals surface area contributed by atoms with Crippen molar-refractivity contribution in [1.82, 2.24) is 4.98 Å². The molecule has 0 atom stereocenters. The van der Waals surface area contributed by atoms with Crippen LogP contribution in [0.4, 0.5) is 13.2 Å². The summed E-state index contributed by atoms with van der Waals surface area (Å²) in [5.41, 5.74) is 3.10. The van der Waals surface area contributed by atoms with Crippen LogP contribution in [-0.4, -0.2) is 12.1 Å². The number of nitrogens with zero attached hydrogens (tertiary/aromatic N) is 1. The molecule has 30 heavy (non-hydrogen) atoms. The first-order valence-corrected chi connectivity index (χ1v) is 9.50. The molecule has 3 rings (SSSR count). The smallest absolute Gasteiger partial charge is 0.238 e. The second-order valence-electron chi connectivity index (χ2n) is 5.98. The zero-order valence-corrected chi connectivity index (χ0v) is 17.8. The highest BCUT2D eigenvalue weighted by Crippen LogP contribution is 2.37. The summed E-state index contributed by atoms with van der Waals surface area (Å²) in [5, 5.41) is -0.00779. The van der Waals surface area contributed by atoms with E-state index >= 15 is 0 Å². The van der Waals surface area contributed by atoms with Gasteiger partial charge < -0.3 is 9.47 Å². The van der Waals surface area contributed by atoms with Gasteiger partial charge in [0.15, 0.2) is 11.6 Å². The number of hydrogen-bond donors (Lipinski definition) is 0. The molecule has 0 radical (unpaired) electrons. The fourth-order valence-corrected chi connectivity index (χ4v) is 2.75. The summed E-state index contributed by atoms with van der Waals surface area (Å²) in [4.78, 5) is 4.01. The van der Waals surface area contributed by atoms with Crippen molar-refractivity contribution in [2.75, 3.05) is 7.11 Å². The van der Waals surface area contributed by atoms with Gasteiger partial charge in [0.2, 0.25) is 17.4 Å². The van der Waals surface area contributed by atoms with Crippen LogP contribution in [0.3, 0.4) is 0 Å². The summed E-state index contributed by atoms with van der Waals surface area (Å²) in [6.45, 7) is 9.77. The van der Waals surface area contributed by atoms with Gasteiger partial charge >= 0.3 is 0 Å². The number of halogens is 4. The van der Waals surface area contributed by atoms with Crippen molar-refractivity contribution in [2.45, 2.75) is 20.8 Å². The lowest BCUT2D eigenvalue weighted by Gasteiger charge is -2.13. The van der Waals surface area contributed by atoms with E-state index in [1.807, 2.05) is 39.0 Å². The van der Waals surface area contributed by atoms with Gasteiger partial charge in [0.25, 0.3) is 0 Å². The van der Waals surface area contributed by atoms with Crippen LogP contribution in [0.1, 0.15) is 26.3 Å². The molecule has 7 heteroatoms. The topological polar surface area (TPSA) is 31.4 Å². The van der Waals surface area contributed by atoms with Crippen molar-refractivity contribution < 1.29 is 22.6 Å². The maximum atomic E-state index is 13.8. The maximum absolute atomic E-state index is 13.8. The molecular weight excluding hydrogens is 415 g/mol. The minimum absolute atomic E-state index is 0.00779. The summed E-state index contributed by atoms with van der Waals surface area (Å²) < 4.78 is 51.4. The molecule has 3 aromatic rings. The lowest BCUT2D eigenvalue weighted by molar-refractivity contribution is 0.377. The predicted molar refractivity (Wildman–Crippen MR) is 114 cm³/mol. The second kappa shape index (κ2) is 10.2. The van der Waals surface area contributed by atoms with E-state index in [-0.39, 0.29) is 10.9 Å². The van der Waals surface area contributed by atoms with E-state index in [2.05, 4.69) is 11.6 Å². The molecule has 0 aliphatic carbocycles. The standard InChI is InChI=1S/C21H15ClF3NO2.C2H6/c1-11(2)12-4-5-14(18(9-12)27-3)13-8-15(22)21(26-10-13)28-20-17(24)7-6-16(23)19(20)25;1-2/h4-10H,1H2,2-3H3;1-2H3. The fourth-order valence-electron chi connectivity index (χ4n) is 2.54. The van der Waals surface area contributed by atoms with E-state index in [9.17, 15) is 13.2 Å². The maximum Gasteiger partial charge on any atom is 0.238 e. The van der Waals surface area contributed by atoms with Gasteiger partial charge in [-0.1, -0.05) is 43.7 Å². The third-order valence-corrected chi connectivity index (χ3v) is 4.28. The van der Waals surface area contributed by atoms with Crippen LogP contribution in [0.15, 0.2) is 49.2 Å². The Morgan fingerprint density at radius 3 is 2.30 bits per heavy atom. The first-order chi connectivity index (χ1) is 14.3. The Kier molecular flexibility index (Phi) is 7.89. The molecule has 158 valence electrons. The SMILES string of the molecule is C=C(C)c1ccc(-c2cnc(Oc3c(F)ccc(F)c3F)c(Cl)c2)c(OC)c1.CC. The molecule has 1 heterocycles. The summed E-state index contributed by atoms with van der Waals surface area (Å²) in [5.74, 6) is -4.37. The number of methoxy groups -OCH3 is 1. The van der Waals surface area contributed by atoms with E-state index in [0.717, 1.165) is 17.2 Å². The first-order valence-electron chi connectivity index (χ1n) is 9.13. The summed E-state index contributed by atoms with van der Waals surface area (Å²) in [6, 6.07) is 8.45. The fraction of sp³-hybridized carbons (Fsp3) is 0.174. The van der Waals surface area contributed by atoms with E-state index < -0.39 is 23.2 Å². The van der Waals surface area contributed by atoms with Crippen LogP contribution >= 0.6 is 11.6 Å². The zero-order valence-electron chi connectivity index (χ0n) is 17.0. The molecule has 0 aliphatic rings. The average molecular weight is 436 g/mol. The van der Waals surface area contributed by atoms with Crippen molar-refractivity contribution in [1.29, 1.82) is 0 Å². The van der Waals surface area contributed by atoms with Crippen LogP contribution in [0.25, 0.3) is 16.7 Å². The zero-order chi connectivity index (χ0) is 22.4.